The number of furan rings is 1. The molecule has 0 fully saturated rings. The minimum atomic E-state index is -0.895. The summed E-state index contributed by atoms with van der Waals surface area (Å²) in [6, 6.07) is 12.1. The largest absolute Gasteiger partial charge is 0.463 e. The molecule has 10 nitrogen and oxygen atoms in total. The molecule has 0 aliphatic carbocycles. The Labute approximate surface area is 276 Å². The zero-order valence-corrected chi connectivity index (χ0v) is 28.2. The van der Waals surface area contributed by atoms with Crippen LogP contribution in [0.2, 0.25) is 0 Å². The molecule has 0 bridgehead atoms. The first-order valence-electron chi connectivity index (χ1n) is 15.2. The molecule has 7 rings (SSSR count). The number of pyridine rings is 1. The number of fused-ring (bicyclic) bond motifs is 8. The van der Waals surface area contributed by atoms with E-state index in [-0.39, 0.29) is 28.9 Å². The van der Waals surface area contributed by atoms with Crippen LogP contribution in [0.15, 0.2) is 73.4 Å². The predicted octanol–water partition coefficient (Wildman–Crippen LogP) is 8.41. The quantitative estimate of drug-likeness (QED) is 0.173. The Morgan fingerprint density at radius 3 is 2.40 bits per heavy atom. The summed E-state index contributed by atoms with van der Waals surface area (Å²) < 4.78 is 39.9. The minimum absolute atomic E-state index is 0.110. The number of hydrogen-bond acceptors (Lipinski definition) is 8. The number of halogens is 1. The highest BCUT2D eigenvalue weighted by Gasteiger charge is 2.37. The molecule has 0 radical (unpaired) electrons. The van der Waals surface area contributed by atoms with E-state index in [1.54, 1.807) is 64.3 Å². The lowest BCUT2D eigenvalue weighted by molar-refractivity contribution is 0.0130. The number of ether oxygens (including phenoxy) is 2. The molecule has 1 aliphatic rings. The molecule has 5 heterocycles. The van der Waals surface area contributed by atoms with Gasteiger partial charge >= 0.3 is 17.8 Å². The highest BCUT2D eigenvalue weighted by atomic mass is 32.2. The lowest BCUT2D eigenvalue weighted by Crippen LogP contribution is -2.42. The third-order valence-corrected chi connectivity index (χ3v) is 9.25. The summed E-state index contributed by atoms with van der Waals surface area (Å²) in [6.45, 7) is 10.4. The first-order valence-corrected chi connectivity index (χ1v) is 16.8. The lowest BCUT2D eigenvalue weighted by atomic mass is 10.1. The summed E-state index contributed by atoms with van der Waals surface area (Å²) in [6.07, 6.45) is 3.09. The second-order valence-corrected chi connectivity index (χ2v) is 15.2. The smallest absolute Gasteiger partial charge is 0.425 e. The average Bonchev–Trinajstić information content (AvgIpc) is 3.67. The molecule has 48 heavy (non-hydrogen) atoms. The van der Waals surface area contributed by atoms with Crippen molar-refractivity contribution in [3.63, 3.8) is 0 Å². The van der Waals surface area contributed by atoms with Gasteiger partial charge in [-0.2, -0.15) is 4.90 Å². The SMILES string of the molecule is CS1=C=C(N(C(=O)OC(C)(C)C)C(=O)OC(C)(C)C)c2cc(Cn3c4cc(F)c5ccoc5c4c4c5cccnc5oc(=O)c43)ccc21. The van der Waals surface area contributed by atoms with Gasteiger partial charge in [-0.1, -0.05) is 11.1 Å². The summed E-state index contributed by atoms with van der Waals surface area (Å²) >= 11 is 0. The maximum atomic E-state index is 15.5. The number of carbonyl (C=O) groups is 2. The van der Waals surface area contributed by atoms with Crippen molar-refractivity contribution in [1.82, 2.24) is 14.5 Å². The fourth-order valence-electron chi connectivity index (χ4n) is 5.95. The fraction of sp³-hybridized carbons (Fsp3) is 0.278. The summed E-state index contributed by atoms with van der Waals surface area (Å²) in [5, 5.41) is 5.24. The van der Waals surface area contributed by atoms with Crippen molar-refractivity contribution < 1.29 is 32.3 Å². The van der Waals surface area contributed by atoms with Crippen molar-refractivity contribution in [1.29, 1.82) is 0 Å². The molecule has 1 atom stereocenters. The van der Waals surface area contributed by atoms with Gasteiger partial charge in [0, 0.05) is 34.0 Å². The van der Waals surface area contributed by atoms with Gasteiger partial charge in [-0.3, -0.25) is 0 Å². The number of carbonyl (C=O) groups excluding carboxylic acids is 2. The van der Waals surface area contributed by atoms with Crippen LogP contribution < -0.4 is 5.63 Å². The van der Waals surface area contributed by atoms with E-state index in [9.17, 15) is 14.4 Å². The Morgan fingerprint density at radius 1 is 1.00 bits per heavy atom. The van der Waals surface area contributed by atoms with Crippen molar-refractivity contribution in [2.75, 3.05) is 6.26 Å². The van der Waals surface area contributed by atoms with Gasteiger partial charge < -0.3 is 22.9 Å². The first-order chi connectivity index (χ1) is 22.6. The Hall–Kier alpha value is -5.19. The normalized spacial score (nSPS) is 14.8. The molecule has 1 aliphatic heterocycles. The average molecular weight is 670 g/mol. The molecule has 2 aromatic carbocycles. The third-order valence-electron chi connectivity index (χ3n) is 7.74. The zero-order chi connectivity index (χ0) is 34.3. The number of amides is 2. The van der Waals surface area contributed by atoms with Crippen LogP contribution in [0.3, 0.4) is 0 Å². The van der Waals surface area contributed by atoms with E-state index >= 15 is 4.39 Å². The van der Waals surface area contributed by atoms with Gasteiger partial charge in [0.05, 0.1) is 22.6 Å². The number of aromatic nitrogens is 2. The molecule has 246 valence electrons. The van der Waals surface area contributed by atoms with E-state index in [1.807, 2.05) is 24.5 Å². The Balaban J connectivity index is 1.41. The first kappa shape index (κ1) is 31.4. The number of imide groups is 1. The predicted molar refractivity (Wildman–Crippen MR) is 183 cm³/mol. The van der Waals surface area contributed by atoms with E-state index in [0.717, 1.165) is 9.80 Å². The molecule has 2 amide bonds. The molecular weight excluding hydrogens is 637 g/mol. The van der Waals surface area contributed by atoms with Crippen LogP contribution in [0.5, 0.6) is 0 Å². The van der Waals surface area contributed by atoms with Crippen molar-refractivity contribution in [3.8, 4) is 0 Å². The van der Waals surface area contributed by atoms with Crippen LogP contribution in [0, 0.1) is 5.82 Å². The lowest BCUT2D eigenvalue weighted by Gasteiger charge is -2.29. The van der Waals surface area contributed by atoms with E-state index in [4.69, 9.17) is 18.3 Å². The minimum Gasteiger partial charge on any atom is -0.463 e. The molecule has 0 saturated heterocycles. The maximum absolute atomic E-state index is 15.5. The van der Waals surface area contributed by atoms with E-state index in [1.165, 1.54) is 18.5 Å². The molecule has 1 unspecified atom stereocenters. The van der Waals surface area contributed by atoms with Crippen molar-refractivity contribution in [2.24, 2.45) is 0 Å². The second-order valence-electron chi connectivity index (χ2n) is 13.6. The van der Waals surface area contributed by atoms with Crippen molar-refractivity contribution in [2.45, 2.75) is 64.2 Å². The topological polar surface area (TPSA) is 117 Å². The maximum Gasteiger partial charge on any atom is 0.425 e. The fourth-order valence-corrected chi connectivity index (χ4v) is 7.31. The molecule has 12 heteroatoms. The Bertz CT molecular complexity index is 2460. The molecule has 0 N–H and O–H groups in total. The van der Waals surface area contributed by atoms with Crippen LogP contribution in [0.4, 0.5) is 14.0 Å². The summed E-state index contributed by atoms with van der Waals surface area (Å²) in [5.41, 5.74) is 0.178. The summed E-state index contributed by atoms with van der Waals surface area (Å²) in [5.74, 6) is -0.503. The van der Waals surface area contributed by atoms with Gasteiger partial charge in [0.25, 0.3) is 0 Å². The van der Waals surface area contributed by atoms with Crippen LogP contribution in [0.1, 0.15) is 52.7 Å². The number of benzene rings is 2. The number of nitrogens with zero attached hydrogens (tertiary/aromatic N) is 3. The second kappa shape index (κ2) is 10.9. The van der Waals surface area contributed by atoms with Gasteiger partial charge in [0.1, 0.15) is 33.8 Å². The molecule has 0 saturated carbocycles. The molecule has 0 spiro atoms. The van der Waals surface area contributed by atoms with Gasteiger partial charge in [-0.05, 0) is 89.8 Å². The van der Waals surface area contributed by atoms with Crippen LogP contribution in [-0.4, -0.2) is 49.1 Å². The van der Waals surface area contributed by atoms with Gasteiger partial charge in [-0.15, -0.1) is 10.5 Å². The summed E-state index contributed by atoms with van der Waals surface area (Å²) in [7, 11) is -0.588. The Morgan fingerprint density at radius 2 is 1.71 bits per heavy atom. The standard InChI is InChI=1S/C36H32FN3O7S/c1-35(2,3)46-33(42)40(34(43)47-36(4,5)6)25-18-48(7)26-11-10-19(15-22(25)26)17-39-24-16-23(37)20-12-14-44-30(20)28(24)27-21-9-8-13-38-31(21)45-32(41)29(27)39/h8-16H,17H2,1-7H3. The highest BCUT2D eigenvalue weighted by Crippen LogP contribution is 2.41. The highest BCUT2D eigenvalue weighted by molar-refractivity contribution is 8.14. The van der Waals surface area contributed by atoms with Crippen LogP contribution >= 0.6 is 10.5 Å². The van der Waals surface area contributed by atoms with Crippen molar-refractivity contribution in [3.05, 3.63) is 82.3 Å². The van der Waals surface area contributed by atoms with E-state index in [0.29, 0.717) is 38.4 Å². The van der Waals surface area contributed by atoms with E-state index in [2.05, 4.69) is 10.0 Å². The van der Waals surface area contributed by atoms with Crippen LogP contribution in [0.25, 0.3) is 49.6 Å². The van der Waals surface area contributed by atoms with Gasteiger partial charge in [0.15, 0.2) is 0 Å². The third kappa shape index (κ3) is 5.27. The number of rotatable bonds is 3. The Kier molecular flexibility index (Phi) is 7.15. The summed E-state index contributed by atoms with van der Waals surface area (Å²) in [4.78, 5) is 46.7. The van der Waals surface area contributed by atoms with Gasteiger partial charge in [0.2, 0.25) is 5.71 Å². The molecular formula is C36H32FN3O7S. The van der Waals surface area contributed by atoms with Crippen LogP contribution in [-0.2, 0) is 16.0 Å². The number of hydrogen-bond donors (Lipinski definition) is 0. The molecule has 6 aromatic rings. The van der Waals surface area contributed by atoms with Crippen molar-refractivity contribution >= 4 is 77.3 Å². The molecule has 4 aromatic heterocycles. The van der Waals surface area contributed by atoms with E-state index < -0.39 is 45.3 Å². The van der Waals surface area contributed by atoms with Gasteiger partial charge in [-0.25, -0.2) is 23.8 Å². The monoisotopic (exact) mass is 669 g/mol. The zero-order valence-electron chi connectivity index (χ0n) is 27.4.